The summed E-state index contributed by atoms with van der Waals surface area (Å²) in [6, 6.07) is 8.49. The van der Waals surface area contributed by atoms with E-state index < -0.39 is 0 Å². The van der Waals surface area contributed by atoms with Gasteiger partial charge in [-0.05, 0) is 30.4 Å². The van der Waals surface area contributed by atoms with Gasteiger partial charge < -0.3 is 5.11 Å². The second-order valence-electron chi connectivity index (χ2n) is 3.82. The lowest BCUT2D eigenvalue weighted by Gasteiger charge is -2.17. The van der Waals surface area contributed by atoms with E-state index >= 15 is 0 Å². The van der Waals surface area contributed by atoms with E-state index in [-0.39, 0.29) is 6.10 Å². The van der Waals surface area contributed by atoms with E-state index in [1.54, 1.807) is 0 Å². The zero-order valence-electron chi connectivity index (χ0n) is 8.03. The van der Waals surface area contributed by atoms with Crippen molar-refractivity contribution in [2.75, 3.05) is 0 Å². The van der Waals surface area contributed by atoms with Crippen molar-refractivity contribution < 1.29 is 5.11 Å². The van der Waals surface area contributed by atoms with Crippen molar-refractivity contribution in [1.82, 2.24) is 0 Å². The third kappa shape index (κ3) is 1.49. The van der Waals surface area contributed by atoms with E-state index in [9.17, 15) is 5.11 Å². The monoisotopic (exact) mass is 176 g/mol. The largest absolute Gasteiger partial charge is 0.393 e. The molecule has 0 fully saturated rings. The second-order valence-corrected chi connectivity index (χ2v) is 3.82. The summed E-state index contributed by atoms with van der Waals surface area (Å²) in [7, 11) is 0. The van der Waals surface area contributed by atoms with Gasteiger partial charge in [-0.15, -0.1) is 0 Å². The van der Waals surface area contributed by atoms with E-state index in [0.717, 1.165) is 19.3 Å². The molecule has 1 unspecified atom stereocenters. The highest BCUT2D eigenvalue weighted by atomic mass is 16.3. The van der Waals surface area contributed by atoms with E-state index in [4.69, 9.17) is 0 Å². The molecule has 2 rings (SSSR count). The molecule has 0 radical (unpaired) electrons. The van der Waals surface area contributed by atoms with Crippen LogP contribution in [0.5, 0.6) is 0 Å². The van der Waals surface area contributed by atoms with Crippen molar-refractivity contribution in [3.63, 3.8) is 0 Å². The van der Waals surface area contributed by atoms with Crippen LogP contribution in [0.4, 0.5) is 0 Å². The summed E-state index contributed by atoms with van der Waals surface area (Å²) in [5.41, 5.74) is 2.80. The van der Waals surface area contributed by atoms with Gasteiger partial charge in [-0.3, -0.25) is 0 Å². The normalized spacial score (nSPS) is 22.8. The Morgan fingerprint density at radius 3 is 3.00 bits per heavy atom. The third-order valence-corrected chi connectivity index (χ3v) is 3.06. The first-order valence-electron chi connectivity index (χ1n) is 5.08. The maximum atomic E-state index is 9.80. The highest BCUT2D eigenvalue weighted by molar-refractivity contribution is 5.35. The minimum Gasteiger partial charge on any atom is -0.393 e. The predicted molar refractivity (Wildman–Crippen MR) is 53.8 cm³/mol. The summed E-state index contributed by atoms with van der Waals surface area (Å²) in [4.78, 5) is 0. The number of fused-ring (bicyclic) bond motifs is 1. The van der Waals surface area contributed by atoms with Crippen LogP contribution in [-0.2, 0) is 6.42 Å². The van der Waals surface area contributed by atoms with E-state index in [1.807, 2.05) is 6.92 Å². The van der Waals surface area contributed by atoms with Crippen molar-refractivity contribution >= 4 is 0 Å². The Morgan fingerprint density at radius 2 is 2.23 bits per heavy atom. The smallest absolute Gasteiger partial charge is 0.0606 e. The molecular formula is C12H16O. The molecule has 1 aromatic rings. The third-order valence-electron chi connectivity index (χ3n) is 3.06. The van der Waals surface area contributed by atoms with Gasteiger partial charge in [-0.25, -0.2) is 0 Å². The Morgan fingerprint density at radius 1 is 1.46 bits per heavy atom. The van der Waals surface area contributed by atoms with Gasteiger partial charge in [0, 0.05) is 5.92 Å². The molecule has 0 bridgehead atoms. The van der Waals surface area contributed by atoms with Crippen LogP contribution in [0.15, 0.2) is 24.3 Å². The maximum Gasteiger partial charge on any atom is 0.0606 e. The zero-order valence-corrected chi connectivity index (χ0v) is 8.03. The summed E-state index contributed by atoms with van der Waals surface area (Å²) in [5, 5.41) is 9.80. The lowest BCUT2D eigenvalue weighted by molar-refractivity contribution is 0.139. The molecule has 0 amide bonds. The van der Waals surface area contributed by atoms with Crippen LogP contribution in [0, 0.1) is 0 Å². The number of aryl methyl sites for hydroxylation is 1. The van der Waals surface area contributed by atoms with Crippen LogP contribution in [0.2, 0.25) is 0 Å². The molecule has 1 aromatic carbocycles. The molecule has 1 aliphatic rings. The highest BCUT2D eigenvalue weighted by Gasteiger charge is 2.26. The van der Waals surface area contributed by atoms with Gasteiger partial charge in [-0.1, -0.05) is 31.2 Å². The van der Waals surface area contributed by atoms with Gasteiger partial charge in [0.2, 0.25) is 0 Å². The Bertz CT molecular complexity index is 293. The molecule has 0 aromatic heterocycles. The molecule has 0 aliphatic heterocycles. The summed E-state index contributed by atoms with van der Waals surface area (Å²) < 4.78 is 0. The Hall–Kier alpha value is -0.820. The number of rotatable bonds is 2. The molecule has 13 heavy (non-hydrogen) atoms. The molecular weight excluding hydrogens is 160 g/mol. The minimum absolute atomic E-state index is 0.149. The summed E-state index contributed by atoms with van der Waals surface area (Å²) in [6.45, 7) is 2.05. The highest BCUT2D eigenvalue weighted by Crippen LogP contribution is 2.35. The van der Waals surface area contributed by atoms with Gasteiger partial charge in [0.1, 0.15) is 0 Å². The molecule has 0 spiro atoms. The topological polar surface area (TPSA) is 20.2 Å². The molecule has 1 aliphatic carbocycles. The van der Waals surface area contributed by atoms with Crippen molar-refractivity contribution in [1.29, 1.82) is 0 Å². The van der Waals surface area contributed by atoms with E-state index in [1.165, 1.54) is 11.1 Å². The van der Waals surface area contributed by atoms with Gasteiger partial charge in [-0.2, -0.15) is 0 Å². The van der Waals surface area contributed by atoms with E-state index in [0.29, 0.717) is 5.92 Å². The fourth-order valence-corrected chi connectivity index (χ4v) is 2.27. The number of aliphatic hydroxyl groups excluding tert-OH is 1. The van der Waals surface area contributed by atoms with Crippen LogP contribution in [0.1, 0.15) is 36.8 Å². The van der Waals surface area contributed by atoms with Crippen LogP contribution in [-0.4, -0.2) is 11.2 Å². The molecule has 1 N–H and O–H groups in total. The first-order valence-corrected chi connectivity index (χ1v) is 5.08. The van der Waals surface area contributed by atoms with Crippen molar-refractivity contribution in [2.45, 2.75) is 38.2 Å². The molecule has 1 heteroatoms. The first-order chi connectivity index (χ1) is 6.33. The predicted octanol–water partition coefficient (Wildman–Crippen LogP) is 2.49. The van der Waals surface area contributed by atoms with Crippen LogP contribution < -0.4 is 0 Å². The molecule has 0 saturated heterocycles. The number of hydrogen-bond donors (Lipinski definition) is 1. The Balaban J connectivity index is 2.28. The summed E-state index contributed by atoms with van der Waals surface area (Å²) in [5.74, 6) is 0.390. The standard InChI is InChI=1S/C12H16O/c1-2-12(13)11-8-7-9-5-3-4-6-10(9)11/h3-6,11-13H,2,7-8H2,1H3/t11?,12-/m1/s1. The summed E-state index contributed by atoms with van der Waals surface area (Å²) in [6.07, 6.45) is 2.97. The van der Waals surface area contributed by atoms with Crippen LogP contribution in [0.25, 0.3) is 0 Å². The number of benzene rings is 1. The van der Waals surface area contributed by atoms with Gasteiger partial charge in [0.15, 0.2) is 0 Å². The molecule has 0 saturated carbocycles. The lowest BCUT2D eigenvalue weighted by atomic mass is 9.94. The number of hydrogen-bond acceptors (Lipinski definition) is 1. The minimum atomic E-state index is -0.149. The number of aliphatic hydroxyl groups is 1. The molecule has 2 atom stereocenters. The Kier molecular flexibility index (Phi) is 2.36. The maximum absolute atomic E-state index is 9.80. The zero-order chi connectivity index (χ0) is 9.26. The average Bonchev–Trinajstić information content (AvgIpc) is 2.60. The quantitative estimate of drug-likeness (QED) is 0.734. The van der Waals surface area contributed by atoms with Gasteiger partial charge in [0.05, 0.1) is 6.10 Å². The SMILES string of the molecule is CC[C@@H](O)C1CCc2ccccc21. The average molecular weight is 176 g/mol. The van der Waals surface area contributed by atoms with Gasteiger partial charge in [0.25, 0.3) is 0 Å². The molecule has 1 nitrogen and oxygen atoms in total. The van der Waals surface area contributed by atoms with Crippen LogP contribution >= 0.6 is 0 Å². The van der Waals surface area contributed by atoms with Gasteiger partial charge >= 0.3 is 0 Å². The van der Waals surface area contributed by atoms with Crippen LogP contribution in [0.3, 0.4) is 0 Å². The van der Waals surface area contributed by atoms with Crippen molar-refractivity contribution in [2.24, 2.45) is 0 Å². The van der Waals surface area contributed by atoms with Crippen molar-refractivity contribution in [3.8, 4) is 0 Å². The summed E-state index contributed by atoms with van der Waals surface area (Å²) >= 11 is 0. The molecule has 70 valence electrons. The van der Waals surface area contributed by atoms with Crippen molar-refractivity contribution in [3.05, 3.63) is 35.4 Å². The molecule has 0 heterocycles. The van der Waals surface area contributed by atoms with E-state index in [2.05, 4.69) is 24.3 Å². The first kappa shape index (κ1) is 8.76. The Labute approximate surface area is 79.4 Å². The fraction of sp³-hybridized carbons (Fsp3) is 0.500. The fourth-order valence-electron chi connectivity index (χ4n) is 2.27. The lowest BCUT2D eigenvalue weighted by Crippen LogP contribution is -2.14. The second kappa shape index (κ2) is 3.51.